The van der Waals surface area contributed by atoms with E-state index in [4.69, 9.17) is 0 Å². The fraction of sp³-hybridized carbons (Fsp3) is 1.00. The summed E-state index contributed by atoms with van der Waals surface area (Å²) < 4.78 is 0. The lowest BCUT2D eigenvalue weighted by Gasteiger charge is -2.22. The molecule has 0 radical (unpaired) electrons. The van der Waals surface area contributed by atoms with Crippen molar-refractivity contribution in [1.29, 1.82) is 0 Å². The second-order valence-electron chi connectivity index (χ2n) is 5.44. The lowest BCUT2D eigenvalue weighted by Crippen LogP contribution is -2.35. The van der Waals surface area contributed by atoms with Crippen LogP contribution in [0, 0.1) is 0 Å². The average molecular weight is 273 g/mol. The molecule has 0 aliphatic rings. The average Bonchev–Trinajstić information content (AvgIpc) is 2.41. The molecule has 0 unspecified atom stereocenters. The molecule has 0 spiro atoms. The number of hydrogen-bond acceptors (Lipinski definition) is 2. The van der Waals surface area contributed by atoms with Crippen LogP contribution < -0.4 is 4.98 Å². The smallest absolute Gasteiger partial charge is 0.0947 e. The van der Waals surface area contributed by atoms with Crippen molar-refractivity contribution in [2.75, 3.05) is 26.2 Å². The van der Waals surface area contributed by atoms with Crippen LogP contribution in [-0.4, -0.2) is 40.8 Å². The van der Waals surface area contributed by atoms with Crippen LogP contribution in [0.4, 0.5) is 0 Å². The molecule has 0 aromatic rings. The third kappa shape index (κ3) is 10.1. The minimum Gasteiger partial charge on any atom is -0.341 e. The van der Waals surface area contributed by atoms with Gasteiger partial charge in [-0.05, 0) is 31.5 Å². The molecule has 0 amide bonds. The van der Waals surface area contributed by atoms with Gasteiger partial charge in [0.1, 0.15) is 0 Å². The number of nitrogens with zero attached hydrogens (tertiary/aromatic N) is 1. The first-order valence-electron chi connectivity index (χ1n) is 8.21. The maximum absolute atomic E-state index is 3.77. The number of rotatable bonds is 13. The van der Waals surface area contributed by atoms with Crippen LogP contribution in [0.25, 0.3) is 0 Å². The van der Waals surface area contributed by atoms with Gasteiger partial charge in [0.2, 0.25) is 0 Å². The third-order valence-electron chi connectivity index (χ3n) is 3.85. The normalized spacial score (nSPS) is 12.3. The van der Waals surface area contributed by atoms with Crippen LogP contribution in [0.5, 0.6) is 0 Å². The number of nitrogens with one attached hydrogen (secondary N) is 1. The Morgan fingerprint density at radius 3 is 1.89 bits per heavy atom. The Bertz CT molecular complexity index is 153. The van der Waals surface area contributed by atoms with Gasteiger partial charge in [0, 0.05) is 13.1 Å². The van der Waals surface area contributed by atoms with Gasteiger partial charge >= 0.3 is 0 Å². The molecular weight excluding hydrogens is 236 g/mol. The molecule has 0 aliphatic carbocycles. The Balaban J connectivity index is 3.66. The molecule has 110 valence electrons. The highest BCUT2D eigenvalue weighted by Crippen LogP contribution is 2.10. The third-order valence-corrected chi connectivity index (χ3v) is 6.22. The van der Waals surface area contributed by atoms with Gasteiger partial charge in [0.25, 0.3) is 0 Å². The van der Waals surface area contributed by atoms with E-state index in [0.717, 1.165) is 5.54 Å². The molecule has 0 bridgehead atoms. The Morgan fingerprint density at radius 2 is 1.44 bits per heavy atom. The van der Waals surface area contributed by atoms with E-state index in [1.54, 1.807) is 0 Å². The number of unbranched alkanes of at least 4 members (excludes halogenated alkanes) is 2. The fourth-order valence-electron chi connectivity index (χ4n) is 2.22. The second kappa shape index (κ2) is 13.6. The highest BCUT2D eigenvalue weighted by atomic mass is 28.2. The second-order valence-corrected chi connectivity index (χ2v) is 7.50. The summed E-state index contributed by atoms with van der Waals surface area (Å²) in [6.07, 6.45) is 8.08. The van der Waals surface area contributed by atoms with E-state index >= 15 is 0 Å². The minimum atomic E-state index is -0.0327. The van der Waals surface area contributed by atoms with Crippen molar-refractivity contribution in [3.05, 3.63) is 0 Å². The molecule has 0 aromatic heterocycles. The van der Waals surface area contributed by atoms with Crippen LogP contribution in [0.1, 0.15) is 66.2 Å². The van der Waals surface area contributed by atoms with Gasteiger partial charge in [0.05, 0.1) is 9.68 Å². The van der Waals surface area contributed by atoms with E-state index in [1.165, 1.54) is 64.7 Å². The maximum atomic E-state index is 3.77. The van der Waals surface area contributed by atoms with Crippen molar-refractivity contribution < 1.29 is 0 Å². The lowest BCUT2D eigenvalue weighted by molar-refractivity contribution is 0.269. The predicted molar refractivity (Wildman–Crippen MR) is 87.1 cm³/mol. The largest absolute Gasteiger partial charge is 0.341 e. The van der Waals surface area contributed by atoms with Gasteiger partial charge in [-0.2, -0.15) is 0 Å². The Hall–Kier alpha value is 0.137. The predicted octanol–water partition coefficient (Wildman–Crippen LogP) is 3.17. The monoisotopic (exact) mass is 272 g/mol. The van der Waals surface area contributed by atoms with Gasteiger partial charge in [-0.15, -0.1) is 0 Å². The summed E-state index contributed by atoms with van der Waals surface area (Å²) >= 11 is 0. The van der Waals surface area contributed by atoms with Crippen LogP contribution in [0.2, 0.25) is 5.54 Å². The molecule has 0 aromatic carbocycles. The Kier molecular flexibility index (Phi) is 13.7. The first-order valence-corrected chi connectivity index (χ1v) is 9.73. The molecule has 0 rings (SSSR count). The highest BCUT2D eigenvalue weighted by Gasteiger charge is 2.05. The summed E-state index contributed by atoms with van der Waals surface area (Å²) in [5.41, 5.74) is 1.00. The van der Waals surface area contributed by atoms with E-state index < -0.39 is 0 Å². The van der Waals surface area contributed by atoms with Crippen molar-refractivity contribution in [3.8, 4) is 0 Å². The lowest BCUT2D eigenvalue weighted by atomic mass is 10.2. The van der Waals surface area contributed by atoms with Crippen LogP contribution >= 0.6 is 0 Å². The molecule has 0 saturated heterocycles. The molecule has 0 heterocycles. The molecule has 0 saturated carbocycles. The Morgan fingerprint density at radius 1 is 0.889 bits per heavy atom. The number of hydrogen-bond donors (Lipinski definition) is 1. The van der Waals surface area contributed by atoms with E-state index in [1.807, 2.05) is 0 Å². The quantitative estimate of drug-likeness (QED) is 0.409. The van der Waals surface area contributed by atoms with Crippen LogP contribution in [-0.2, 0) is 0 Å². The Labute approximate surface area is 118 Å². The first-order chi connectivity index (χ1) is 8.78. The fourth-order valence-corrected chi connectivity index (χ4v) is 3.57. The van der Waals surface area contributed by atoms with Crippen molar-refractivity contribution in [3.63, 3.8) is 0 Å². The zero-order valence-corrected chi connectivity index (χ0v) is 14.7. The summed E-state index contributed by atoms with van der Waals surface area (Å²) in [6.45, 7) is 14.3. The zero-order chi connectivity index (χ0) is 13.6. The summed E-state index contributed by atoms with van der Waals surface area (Å²) in [7, 11) is -0.0327. The SMILES string of the molecule is CCCCN(CCCC)CCN[SiH2]C(CC)CC. The van der Waals surface area contributed by atoms with Gasteiger partial charge in [-0.25, -0.2) is 0 Å². The topological polar surface area (TPSA) is 15.3 Å². The molecule has 2 nitrogen and oxygen atoms in total. The van der Waals surface area contributed by atoms with Gasteiger partial charge < -0.3 is 9.88 Å². The minimum absolute atomic E-state index is 0.0327. The van der Waals surface area contributed by atoms with E-state index in [-0.39, 0.29) is 9.68 Å². The van der Waals surface area contributed by atoms with Gasteiger partial charge in [-0.3, -0.25) is 0 Å². The molecule has 1 N–H and O–H groups in total. The summed E-state index contributed by atoms with van der Waals surface area (Å²) in [4.78, 5) is 6.42. The highest BCUT2D eigenvalue weighted by molar-refractivity contribution is 6.34. The summed E-state index contributed by atoms with van der Waals surface area (Å²) in [6, 6.07) is 0. The van der Waals surface area contributed by atoms with E-state index in [2.05, 4.69) is 37.6 Å². The summed E-state index contributed by atoms with van der Waals surface area (Å²) in [5, 5.41) is 0. The van der Waals surface area contributed by atoms with Crippen LogP contribution in [0.3, 0.4) is 0 Å². The zero-order valence-electron chi connectivity index (χ0n) is 13.3. The first kappa shape index (κ1) is 18.1. The van der Waals surface area contributed by atoms with Gasteiger partial charge in [0.15, 0.2) is 0 Å². The molecule has 0 atom stereocenters. The van der Waals surface area contributed by atoms with E-state index in [9.17, 15) is 0 Å². The van der Waals surface area contributed by atoms with Crippen molar-refractivity contribution in [2.24, 2.45) is 0 Å². The van der Waals surface area contributed by atoms with Crippen molar-refractivity contribution in [1.82, 2.24) is 9.88 Å². The molecule has 18 heavy (non-hydrogen) atoms. The van der Waals surface area contributed by atoms with Crippen LogP contribution in [0.15, 0.2) is 0 Å². The molecule has 0 aliphatic heterocycles. The molecule has 3 heteroatoms. The van der Waals surface area contributed by atoms with E-state index in [0.29, 0.717) is 0 Å². The summed E-state index contributed by atoms with van der Waals surface area (Å²) in [5.74, 6) is 0. The molecular formula is C15H36N2Si. The van der Waals surface area contributed by atoms with Crippen molar-refractivity contribution in [2.45, 2.75) is 71.8 Å². The standard InChI is InChI=1S/C15H36N2Si/c1-5-9-12-17(13-10-6-2)14-11-16-18-15(7-3)8-4/h15-16H,5-14,18H2,1-4H3. The maximum Gasteiger partial charge on any atom is 0.0947 e. The van der Waals surface area contributed by atoms with Gasteiger partial charge in [-0.1, -0.05) is 53.4 Å². The van der Waals surface area contributed by atoms with Crippen molar-refractivity contribution >= 4 is 9.68 Å². The molecule has 0 fully saturated rings.